The first-order valence-electron chi connectivity index (χ1n) is 9.34. The van der Waals surface area contributed by atoms with Gasteiger partial charge in [0, 0.05) is 24.7 Å². The fraction of sp³-hybridized carbons (Fsp3) is 0.333. The molecule has 5 heteroatoms. The third-order valence-corrected chi connectivity index (χ3v) is 5.15. The maximum absolute atomic E-state index is 12.1. The minimum atomic E-state index is 0.113. The number of nitrogens with zero attached hydrogens (tertiary/aromatic N) is 2. The second-order valence-corrected chi connectivity index (χ2v) is 7.17. The number of anilines is 1. The Labute approximate surface area is 152 Å². The zero-order chi connectivity index (χ0) is 17.5. The van der Waals surface area contributed by atoms with Crippen LogP contribution in [0.2, 0.25) is 0 Å². The molecule has 2 fully saturated rings. The van der Waals surface area contributed by atoms with E-state index < -0.39 is 0 Å². The van der Waals surface area contributed by atoms with Crippen molar-refractivity contribution in [3.05, 3.63) is 48.0 Å². The Morgan fingerprint density at radius 2 is 1.88 bits per heavy atom. The van der Waals surface area contributed by atoms with E-state index in [9.17, 15) is 4.79 Å². The molecule has 26 heavy (non-hydrogen) atoms. The molecule has 0 bridgehead atoms. The maximum Gasteiger partial charge on any atom is 0.227 e. The highest BCUT2D eigenvalue weighted by Crippen LogP contribution is 2.39. The summed E-state index contributed by atoms with van der Waals surface area (Å²) in [5.74, 6) is 2.77. The number of carbonyl (C=O) groups excluding carboxylic acids is 1. The Hall–Kier alpha value is -2.82. The van der Waals surface area contributed by atoms with E-state index in [2.05, 4.69) is 10.2 Å². The van der Waals surface area contributed by atoms with Crippen molar-refractivity contribution in [1.29, 1.82) is 0 Å². The van der Waals surface area contributed by atoms with E-state index in [0.717, 1.165) is 60.2 Å². The van der Waals surface area contributed by atoms with Crippen molar-refractivity contribution in [3.63, 3.8) is 0 Å². The lowest BCUT2D eigenvalue weighted by molar-refractivity contribution is -0.117. The number of hydrogen-bond donors (Lipinski definition) is 1. The normalized spacial score (nSPS) is 18.3. The van der Waals surface area contributed by atoms with Crippen molar-refractivity contribution >= 4 is 23.1 Å². The molecule has 132 valence electrons. The Balaban J connectivity index is 1.57. The first kappa shape index (κ1) is 15.4. The highest BCUT2D eigenvalue weighted by molar-refractivity contribution is 6.05. The molecule has 5 nitrogen and oxygen atoms in total. The summed E-state index contributed by atoms with van der Waals surface area (Å²) in [5.41, 5.74) is 2.59. The Morgan fingerprint density at radius 3 is 2.69 bits per heavy atom. The lowest BCUT2D eigenvalue weighted by atomic mass is 10.1. The lowest BCUT2D eigenvalue weighted by Gasteiger charge is -2.21. The summed E-state index contributed by atoms with van der Waals surface area (Å²) >= 11 is 0. The van der Waals surface area contributed by atoms with Crippen LogP contribution in [-0.4, -0.2) is 29.7 Å². The summed E-state index contributed by atoms with van der Waals surface area (Å²) in [4.78, 5) is 19.4. The van der Waals surface area contributed by atoms with Gasteiger partial charge in [-0.2, -0.15) is 0 Å². The van der Waals surface area contributed by atoms with E-state index in [0.29, 0.717) is 0 Å². The summed E-state index contributed by atoms with van der Waals surface area (Å²) in [7, 11) is 0. The first-order chi connectivity index (χ1) is 12.8. The van der Waals surface area contributed by atoms with Gasteiger partial charge >= 0.3 is 0 Å². The SMILES string of the molecule is O=C(Nc1ccc2c(c1)C(N1CCCC1)=Nc1ccccc1O2)C1CC1. The van der Waals surface area contributed by atoms with Crippen LogP contribution in [0.15, 0.2) is 47.5 Å². The summed E-state index contributed by atoms with van der Waals surface area (Å²) in [6, 6.07) is 13.7. The minimum Gasteiger partial charge on any atom is -0.454 e. The summed E-state index contributed by atoms with van der Waals surface area (Å²) in [6.45, 7) is 2.00. The number of aliphatic imine (C=N–C) groups is 1. The number of carbonyl (C=O) groups is 1. The Kier molecular flexibility index (Phi) is 3.66. The maximum atomic E-state index is 12.1. The van der Waals surface area contributed by atoms with Crippen LogP contribution in [0.5, 0.6) is 11.5 Å². The standard InChI is InChI=1S/C21H21N3O2/c25-21(14-7-8-14)22-15-9-10-18-16(13-15)20(24-11-3-4-12-24)23-17-5-1-2-6-19(17)26-18/h1-2,5-6,9-10,13-14H,3-4,7-8,11-12H2,(H,22,25). The highest BCUT2D eigenvalue weighted by Gasteiger charge is 2.30. The molecule has 0 aromatic heterocycles. The summed E-state index contributed by atoms with van der Waals surface area (Å²) < 4.78 is 6.16. The largest absolute Gasteiger partial charge is 0.454 e. The number of nitrogens with one attached hydrogen (secondary N) is 1. The number of amides is 1. The van der Waals surface area contributed by atoms with Gasteiger partial charge in [-0.3, -0.25) is 4.79 Å². The summed E-state index contributed by atoms with van der Waals surface area (Å²) in [5, 5.41) is 3.04. The molecule has 0 spiro atoms. The molecule has 1 amide bonds. The van der Waals surface area contributed by atoms with Gasteiger partial charge in [0.15, 0.2) is 5.75 Å². The molecule has 0 atom stereocenters. The highest BCUT2D eigenvalue weighted by atomic mass is 16.5. The van der Waals surface area contributed by atoms with E-state index >= 15 is 0 Å². The molecule has 1 saturated heterocycles. The summed E-state index contributed by atoms with van der Waals surface area (Å²) in [6.07, 6.45) is 4.34. The van der Waals surface area contributed by atoms with Crippen molar-refractivity contribution in [3.8, 4) is 11.5 Å². The number of hydrogen-bond acceptors (Lipinski definition) is 4. The van der Waals surface area contributed by atoms with E-state index in [-0.39, 0.29) is 11.8 Å². The van der Waals surface area contributed by atoms with Crippen molar-refractivity contribution in [2.45, 2.75) is 25.7 Å². The lowest BCUT2D eigenvalue weighted by Crippen LogP contribution is -2.28. The van der Waals surface area contributed by atoms with Gasteiger partial charge in [-0.1, -0.05) is 12.1 Å². The Bertz CT molecular complexity index is 896. The number of amidine groups is 1. The van der Waals surface area contributed by atoms with Gasteiger partial charge in [-0.25, -0.2) is 4.99 Å². The van der Waals surface area contributed by atoms with Crippen molar-refractivity contribution in [1.82, 2.24) is 4.90 Å². The Morgan fingerprint density at radius 1 is 1.08 bits per heavy atom. The smallest absolute Gasteiger partial charge is 0.227 e. The fourth-order valence-electron chi connectivity index (χ4n) is 3.56. The molecule has 2 aromatic rings. The topological polar surface area (TPSA) is 53.9 Å². The quantitative estimate of drug-likeness (QED) is 0.880. The van der Waals surface area contributed by atoms with Crippen LogP contribution in [0.3, 0.4) is 0 Å². The van der Waals surface area contributed by atoms with Crippen molar-refractivity contribution in [2.75, 3.05) is 18.4 Å². The number of likely N-dealkylation sites (tertiary alicyclic amines) is 1. The number of ether oxygens (including phenoxy) is 1. The van der Waals surface area contributed by atoms with Crippen LogP contribution in [0.4, 0.5) is 11.4 Å². The monoisotopic (exact) mass is 347 g/mol. The number of fused-ring (bicyclic) bond motifs is 2. The molecular formula is C21H21N3O2. The van der Waals surface area contributed by atoms with Gasteiger partial charge in [-0.05, 0) is 56.0 Å². The average Bonchev–Trinajstić information content (AvgIpc) is 3.40. The van der Waals surface area contributed by atoms with Gasteiger partial charge in [0.2, 0.25) is 5.91 Å². The molecule has 0 radical (unpaired) electrons. The molecule has 3 aliphatic rings. The van der Waals surface area contributed by atoms with Crippen LogP contribution in [0.25, 0.3) is 0 Å². The van der Waals surface area contributed by atoms with E-state index in [1.807, 2.05) is 42.5 Å². The van der Waals surface area contributed by atoms with Gasteiger partial charge in [0.05, 0.1) is 5.56 Å². The number of para-hydroxylation sites is 2. The van der Waals surface area contributed by atoms with Crippen molar-refractivity contribution in [2.24, 2.45) is 10.9 Å². The molecule has 1 saturated carbocycles. The predicted octanol–water partition coefficient (Wildman–Crippen LogP) is 4.31. The average molecular weight is 347 g/mol. The molecular weight excluding hydrogens is 326 g/mol. The molecule has 2 aromatic carbocycles. The predicted molar refractivity (Wildman–Crippen MR) is 101 cm³/mol. The van der Waals surface area contributed by atoms with Crippen LogP contribution >= 0.6 is 0 Å². The molecule has 0 unspecified atom stereocenters. The zero-order valence-electron chi connectivity index (χ0n) is 14.6. The third-order valence-electron chi connectivity index (χ3n) is 5.15. The van der Waals surface area contributed by atoms with Gasteiger partial charge < -0.3 is 15.0 Å². The second-order valence-electron chi connectivity index (χ2n) is 7.17. The molecule has 2 heterocycles. The molecule has 1 N–H and O–H groups in total. The second kappa shape index (κ2) is 6.16. The van der Waals surface area contributed by atoms with E-state index in [1.54, 1.807) is 0 Å². The van der Waals surface area contributed by atoms with Crippen LogP contribution < -0.4 is 10.1 Å². The molecule has 1 aliphatic carbocycles. The van der Waals surface area contributed by atoms with Gasteiger partial charge in [0.25, 0.3) is 0 Å². The van der Waals surface area contributed by atoms with Crippen molar-refractivity contribution < 1.29 is 9.53 Å². The number of rotatable bonds is 2. The molecule has 2 aliphatic heterocycles. The molecule has 5 rings (SSSR count). The number of benzene rings is 2. The fourth-order valence-corrected chi connectivity index (χ4v) is 3.56. The van der Waals surface area contributed by atoms with Crippen LogP contribution in [0.1, 0.15) is 31.2 Å². The van der Waals surface area contributed by atoms with Gasteiger partial charge in [-0.15, -0.1) is 0 Å². The zero-order valence-corrected chi connectivity index (χ0v) is 14.6. The van der Waals surface area contributed by atoms with Crippen LogP contribution in [-0.2, 0) is 4.79 Å². The third kappa shape index (κ3) is 2.83. The van der Waals surface area contributed by atoms with Crippen LogP contribution in [0, 0.1) is 5.92 Å². The first-order valence-corrected chi connectivity index (χ1v) is 9.34. The van der Waals surface area contributed by atoms with E-state index in [1.165, 1.54) is 12.8 Å². The van der Waals surface area contributed by atoms with E-state index in [4.69, 9.17) is 9.73 Å². The minimum absolute atomic E-state index is 0.113. The van der Waals surface area contributed by atoms with Gasteiger partial charge in [0.1, 0.15) is 17.3 Å².